The van der Waals surface area contributed by atoms with Crippen molar-refractivity contribution in [3.63, 3.8) is 0 Å². The first-order chi connectivity index (χ1) is 22.6. The van der Waals surface area contributed by atoms with Crippen LogP contribution in [0.5, 0.6) is 0 Å². The fourth-order valence-corrected chi connectivity index (χ4v) is 6.58. The summed E-state index contributed by atoms with van der Waals surface area (Å²) in [5.74, 6) is 0. The molecule has 5 aromatic rings. The normalized spacial score (nSPS) is 14.7. The summed E-state index contributed by atoms with van der Waals surface area (Å²) in [5, 5.41) is 3.68. The summed E-state index contributed by atoms with van der Waals surface area (Å²) in [6.07, 6.45) is 6.48. The number of likely N-dealkylation sites (N-methyl/N-ethyl adjacent to an activating group) is 1. The van der Waals surface area contributed by atoms with Gasteiger partial charge in [-0.15, -0.1) is 0 Å². The highest BCUT2D eigenvalue weighted by atomic mass is 15.2. The van der Waals surface area contributed by atoms with Crippen molar-refractivity contribution >= 4 is 39.8 Å². The van der Waals surface area contributed by atoms with E-state index in [-0.39, 0.29) is 10.8 Å². The fourth-order valence-electron chi connectivity index (χ4n) is 6.58. The second-order valence-electron chi connectivity index (χ2n) is 13.2. The van der Waals surface area contributed by atoms with Crippen LogP contribution >= 0.6 is 0 Å². The average Bonchev–Trinajstić information content (AvgIpc) is 3.27. The summed E-state index contributed by atoms with van der Waals surface area (Å²) in [4.78, 5) is 4.55. The Hall–Kier alpha value is -5.48. The number of nitrogens with zero attached hydrogens (tertiary/aromatic N) is 2. The van der Waals surface area contributed by atoms with E-state index < -0.39 is 0 Å². The minimum absolute atomic E-state index is 0.0771. The van der Waals surface area contributed by atoms with Gasteiger partial charge in [0.25, 0.3) is 0 Å². The molecule has 1 heterocycles. The Bertz CT molecular complexity index is 1890. The quantitative estimate of drug-likeness (QED) is 0.128. The third-order valence-corrected chi connectivity index (χ3v) is 9.45. The van der Waals surface area contributed by atoms with Gasteiger partial charge in [0.1, 0.15) is 0 Å². The Labute approximate surface area is 280 Å². The molecule has 5 aromatic carbocycles. The molecule has 4 heteroatoms. The molecule has 0 fully saturated rings. The largest absolute Gasteiger partial charge is 0.399 e. The summed E-state index contributed by atoms with van der Waals surface area (Å²) in [6, 6.07) is 44.1. The molecule has 0 bridgehead atoms. The van der Waals surface area contributed by atoms with E-state index in [1.54, 1.807) is 0 Å². The van der Waals surface area contributed by atoms with E-state index in [9.17, 15) is 0 Å². The maximum Gasteiger partial charge on any atom is 0.0463 e. The zero-order valence-corrected chi connectivity index (χ0v) is 28.0. The minimum atomic E-state index is -0.385. The molecule has 47 heavy (non-hydrogen) atoms. The van der Waals surface area contributed by atoms with Crippen molar-refractivity contribution in [2.24, 2.45) is 0 Å². The number of fused-ring (bicyclic) bond motifs is 1. The molecule has 0 amide bonds. The van der Waals surface area contributed by atoms with E-state index in [1.165, 1.54) is 16.9 Å². The zero-order chi connectivity index (χ0) is 33.2. The van der Waals surface area contributed by atoms with E-state index in [2.05, 4.69) is 184 Å². The Morgan fingerprint density at radius 2 is 1.36 bits per heavy atom. The number of para-hydroxylation sites is 3. The van der Waals surface area contributed by atoms with Gasteiger partial charge in [0, 0.05) is 63.4 Å². The van der Waals surface area contributed by atoms with Gasteiger partial charge >= 0.3 is 0 Å². The van der Waals surface area contributed by atoms with Gasteiger partial charge in [-0.3, -0.25) is 0 Å². The molecule has 3 N–H and O–H groups in total. The van der Waals surface area contributed by atoms with Gasteiger partial charge in [-0.2, -0.15) is 0 Å². The van der Waals surface area contributed by atoms with Crippen molar-refractivity contribution in [1.82, 2.24) is 0 Å². The van der Waals surface area contributed by atoms with Gasteiger partial charge in [0.15, 0.2) is 0 Å². The van der Waals surface area contributed by atoms with Crippen molar-refractivity contribution in [2.45, 2.75) is 38.5 Å². The van der Waals surface area contributed by atoms with Gasteiger partial charge in [0.05, 0.1) is 0 Å². The number of benzene rings is 5. The summed E-state index contributed by atoms with van der Waals surface area (Å²) in [7, 11) is 2.14. The van der Waals surface area contributed by atoms with Gasteiger partial charge in [-0.25, -0.2) is 0 Å². The standard InChI is InChI=1S/C43H44N4/c1-31(16-15-23-41-43(4,5)37-21-13-14-22-40(37)46(41)6)42(2,3)38-30-32(44)24-29-39(38)45-33-25-27-36(28-26-33)47(34-17-9-7-10-18-34)35-19-11-8-12-20-35/h7-30,45H,1,44H2,2-6H3/b16-15+,41-23+. The van der Waals surface area contributed by atoms with Crippen molar-refractivity contribution in [3.8, 4) is 0 Å². The number of nitrogens with one attached hydrogen (secondary N) is 1. The minimum Gasteiger partial charge on any atom is -0.399 e. The molecule has 0 unspecified atom stereocenters. The van der Waals surface area contributed by atoms with E-state index in [4.69, 9.17) is 5.73 Å². The van der Waals surface area contributed by atoms with E-state index >= 15 is 0 Å². The lowest BCUT2D eigenvalue weighted by atomic mass is 9.77. The topological polar surface area (TPSA) is 44.5 Å². The van der Waals surface area contributed by atoms with Crippen molar-refractivity contribution in [1.29, 1.82) is 0 Å². The number of nitrogens with two attached hydrogens (primary N) is 1. The van der Waals surface area contributed by atoms with Crippen LogP contribution in [0.25, 0.3) is 0 Å². The number of anilines is 7. The lowest BCUT2D eigenvalue weighted by molar-refractivity contribution is 0.639. The molecule has 4 nitrogen and oxygen atoms in total. The number of hydrogen-bond donors (Lipinski definition) is 2. The molecule has 0 spiro atoms. The second kappa shape index (κ2) is 12.7. The van der Waals surface area contributed by atoms with Crippen LogP contribution in [0.4, 0.5) is 39.8 Å². The molecule has 0 atom stereocenters. The molecule has 0 radical (unpaired) electrons. The first-order valence-electron chi connectivity index (χ1n) is 16.2. The summed E-state index contributed by atoms with van der Waals surface area (Å²) in [6.45, 7) is 13.5. The van der Waals surface area contributed by atoms with Crippen LogP contribution in [0.15, 0.2) is 163 Å². The second-order valence-corrected chi connectivity index (χ2v) is 13.2. The van der Waals surface area contributed by atoms with Gasteiger partial charge in [-0.05, 0) is 95.6 Å². The molecule has 0 saturated heterocycles. The lowest BCUT2D eigenvalue weighted by Gasteiger charge is -2.30. The smallest absolute Gasteiger partial charge is 0.0463 e. The highest BCUT2D eigenvalue weighted by molar-refractivity contribution is 5.78. The summed E-state index contributed by atoms with van der Waals surface area (Å²) in [5.41, 5.74) is 17.9. The first-order valence-corrected chi connectivity index (χ1v) is 16.2. The Morgan fingerprint density at radius 1 is 0.787 bits per heavy atom. The molecular formula is C43H44N4. The SMILES string of the molecule is C=C(/C=C/C=C1/N(C)c2ccccc2C1(C)C)C(C)(C)c1cc(N)ccc1Nc1ccc(N(c2ccccc2)c2ccccc2)cc1. The molecule has 1 aliphatic heterocycles. The summed E-state index contributed by atoms with van der Waals surface area (Å²) < 4.78 is 0. The van der Waals surface area contributed by atoms with Gasteiger partial charge in [0.2, 0.25) is 0 Å². The van der Waals surface area contributed by atoms with Gasteiger partial charge < -0.3 is 20.9 Å². The van der Waals surface area contributed by atoms with Crippen LogP contribution in [-0.4, -0.2) is 7.05 Å². The predicted molar refractivity (Wildman–Crippen MR) is 203 cm³/mol. The van der Waals surface area contributed by atoms with E-state index in [0.29, 0.717) is 0 Å². The zero-order valence-electron chi connectivity index (χ0n) is 28.0. The fraction of sp³-hybridized carbons (Fsp3) is 0.163. The Morgan fingerprint density at radius 3 is 1.98 bits per heavy atom. The maximum atomic E-state index is 6.36. The van der Waals surface area contributed by atoms with Crippen LogP contribution in [-0.2, 0) is 10.8 Å². The molecule has 1 aliphatic rings. The van der Waals surface area contributed by atoms with Crippen molar-refractivity contribution in [3.05, 3.63) is 175 Å². The van der Waals surface area contributed by atoms with Crippen LogP contribution in [0.3, 0.4) is 0 Å². The highest BCUT2D eigenvalue weighted by Crippen LogP contribution is 2.47. The highest BCUT2D eigenvalue weighted by Gasteiger charge is 2.37. The van der Waals surface area contributed by atoms with Gasteiger partial charge in [-0.1, -0.05) is 101 Å². The van der Waals surface area contributed by atoms with Crippen molar-refractivity contribution < 1.29 is 0 Å². The first kappa shape index (κ1) is 31.5. The maximum absolute atomic E-state index is 6.36. The van der Waals surface area contributed by atoms with Crippen LogP contribution in [0.1, 0.15) is 38.8 Å². The molecule has 0 aliphatic carbocycles. The number of rotatable bonds is 9. The predicted octanol–water partition coefficient (Wildman–Crippen LogP) is 11.2. The third-order valence-electron chi connectivity index (χ3n) is 9.45. The van der Waals surface area contributed by atoms with E-state index in [0.717, 1.165) is 45.3 Å². The summed E-state index contributed by atoms with van der Waals surface area (Å²) >= 11 is 0. The van der Waals surface area contributed by atoms with Crippen molar-refractivity contribution in [2.75, 3.05) is 27.9 Å². The average molecular weight is 617 g/mol. The monoisotopic (exact) mass is 616 g/mol. The number of nitrogen functional groups attached to an aromatic ring is 1. The third kappa shape index (κ3) is 6.19. The van der Waals surface area contributed by atoms with E-state index in [1.807, 2.05) is 18.2 Å². The molecular weight excluding hydrogens is 573 g/mol. The number of hydrogen-bond acceptors (Lipinski definition) is 4. The molecule has 0 aromatic heterocycles. The number of allylic oxidation sites excluding steroid dienone is 5. The lowest BCUT2D eigenvalue weighted by Crippen LogP contribution is -2.22. The molecule has 0 saturated carbocycles. The Balaban J connectivity index is 1.24. The van der Waals surface area contributed by atoms with Crippen LogP contribution < -0.4 is 20.9 Å². The van der Waals surface area contributed by atoms with Crippen LogP contribution in [0, 0.1) is 0 Å². The van der Waals surface area contributed by atoms with Crippen LogP contribution in [0.2, 0.25) is 0 Å². The Kier molecular flexibility index (Phi) is 8.53. The molecule has 236 valence electrons. The molecule has 6 rings (SSSR count).